The Balaban J connectivity index is 2.42. The van der Waals surface area contributed by atoms with E-state index in [0.717, 1.165) is 6.08 Å². The summed E-state index contributed by atoms with van der Waals surface area (Å²) >= 11 is 3.08. The molecule has 0 aliphatic carbocycles. The van der Waals surface area contributed by atoms with Crippen molar-refractivity contribution in [2.75, 3.05) is 13.2 Å². The van der Waals surface area contributed by atoms with Crippen LogP contribution in [0, 0.1) is 0 Å². The topological polar surface area (TPSA) is 62.5 Å². The average molecular weight is 310 g/mol. The third-order valence-corrected chi connectivity index (χ3v) is 2.17. The molecule has 1 rings (SSSR count). The molecule has 1 heterocycles. The summed E-state index contributed by atoms with van der Waals surface area (Å²) in [4.78, 5) is 11.1. The minimum atomic E-state index is -3.31. The van der Waals surface area contributed by atoms with Gasteiger partial charge in [0.15, 0.2) is 4.67 Å². The first-order chi connectivity index (χ1) is 7.93. The molecular formula is C10H10BrF2NO3. The second-order valence-electron chi connectivity index (χ2n) is 3.21. The number of furan rings is 1. The van der Waals surface area contributed by atoms with Crippen molar-refractivity contribution in [3.8, 4) is 0 Å². The maximum atomic E-state index is 12.6. The first kappa shape index (κ1) is 13.9. The summed E-state index contributed by atoms with van der Waals surface area (Å²) < 4.78 is 30.7. The highest BCUT2D eigenvalue weighted by Crippen LogP contribution is 2.15. The summed E-state index contributed by atoms with van der Waals surface area (Å²) in [5, 5.41) is 10.2. The van der Waals surface area contributed by atoms with Crippen molar-refractivity contribution in [3.05, 3.63) is 28.6 Å². The molecule has 0 saturated carbocycles. The van der Waals surface area contributed by atoms with E-state index in [-0.39, 0.29) is 0 Å². The number of alkyl halides is 2. The summed E-state index contributed by atoms with van der Waals surface area (Å²) in [6, 6.07) is 3.24. The number of halogens is 3. The highest BCUT2D eigenvalue weighted by Gasteiger charge is 2.27. The lowest BCUT2D eigenvalue weighted by Crippen LogP contribution is -2.38. The van der Waals surface area contributed by atoms with Crippen LogP contribution in [0.25, 0.3) is 6.08 Å². The first-order valence-corrected chi connectivity index (χ1v) is 5.42. The van der Waals surface area contributed by atoms with Crippen molar-refractivity contribution < 1.29 is 23.1 Å². The highest BCUT2D eigenvalue weighted by atomic mass is 79.9. The zero-order chi connectivity index (χ0) is 12.9. The molecule has 17 heavy (non-hydrogen) atoms. The first-order valence-electron chi connectivity index (χ1n) is 4.63. The van der Waals surface area contributed by atoms with Gasteiger partial charge in [-0.3, -0.25) is 4.79 Å². The normalized spacial score (nSPS) is 12.0. The number of carbonyl (C=O) groups excluding carboxylic acids is 1. The number of hydrogen-bond acceptors (Lipinski definition) is 3. The molecule has 0 bridgehead atoms. The van der Waals surface area contributed by atoms with Crippen LogP contribution in [0.5, 0.6) is 0 Å². The Morgan fingerprint density at radius 2 is 2.29 bits per heavy atom. The molecule has 0 aliphatic rings. The molecule has 0 unspecified atom stereocenters. The van der Waals surface area contributed by atoms with Crippen molar-refractivity contribution in [2.24, 2.45) is 0 Å². The van der Waals surface area contributed by atoms with Gasteiger partial charge in [-0.05, 0) is 34.1 Å². The molecule has 1 amide bonds. The van der Waals surface area contributed by atoms with Gasteiger partial charge in [-0.25, -0.2) is 8.78 Å². The van der Waals surface area contributed by atoms with Gasteiger partial charge in [0.2, 0.25) is 5.91 Å². The van der Waals surface area contributed by atoms with Crippen molar-refractivity contribution >= 4 is 27.9 Å². The average Bonchev–Trinajstić information content (AvgIpc) is 2.70. The third kappa shape index (κ3) is 5.10. The molecule has 0 saturated heterocycles. The Kier molecular flexibility index (Phi) is 4.83. The Hall–Kier alpha value is -1.21. The Bertz CT molecular complexity index is 417. The van der Waals surface area contributed by atoms with Crippen LogP contribution in [0.4, 0.5) is 8.78 Å². The van der Waals surface area contributed by atoms with Crippen LogP contribution in [-0.2, 0) is 4.79 Å². The summed E-state index contributed by atoms with van der Waals surface area (Å²) in [5.41, 5.74) is 0. The van der Waals surface area contributed by atoms with E-state index in [9.17, 15) is 13.6 Å². The molecule has 7 heteroatoms. The van der Waals surface area contributed by atoms with E-state index in [4.69, 9.17) is 9.52 Å². The third-order valence-electron chi connectivity index (χ3n) is 1.75. The fourth-order valence-corrected chi connectivity index (χ4v) is 1.23. The highest BCUT2D eigenvalue weighted by molar-refractivity contribution is 9.10. The Morgan fingerprint density at radius 3 is 2.82 bits per heavy atom. The number of carbonyl (C=O) groups is 1. The van der Waals surface area contributed by atoms with Crippen LogP contribution in [-0.4, -0.2) is 30.1 Å². The molecule has 2 N–H and O–H groups in total. The van der Waals surface area contributed by atoms with Crippen LogP contribution >= 0.6 is 15.9 Å². The molecule has 0 aliphatic heterocycles. The SMILES string of the molecule is O=C(/C=C/c1ccc(Br)o1)NCC(F)(F)CO. The van der Waals surface area contributed by atoms with Crippen LogP contribution in [0.2, 0.25) is 0 Å². The maximum Gasteiger partial charge on any atom is 0.287 e. The zero-order valence-electron chi connectivity index (χ0n) is 8.62. The number of aliphatic hydroxyl groups excluding tert-OH is 1. The molecule has 94 valence electrons. The lowest BCUT2D eigenvalue weighted by molar-refractivity contribution is -0.119. The number of amides is 1. The van der Waals surface area contributed by atoms with Gasteiger partial charge in [0.05, 0.1) is 6.54 Å². The van der Waals surface area contributed by atoms with Gasteiger partial charge in [-0.2, -0.15) is 0 Å². The summed E-state index contributed by atoms with van der Waals surface area (Å²) in [7, 11) is 0. The predicted octanol–water partition coefficient (Wildman–Crippen LogP) is 1.80. The minimum Gasteiger partial charge on any atom is -0.450 e. The van der Waals surface area contributed by atoms with E-state index in [1.54, 1.807) is 12.1 Å². The van der Waals surface area contributed by atoms with Crippen molar-refractivity contribution in [1.29, 1.82) is 0 Å². The summed E-state index contributed by atoms with van der Waals surface area (Å²) in [5.74, 6) is -3.58. The second kappa shape index (κ2) is 5.92. The Morgan fingerprint density at radius 1 is 1.59 bits per heavy atom. The van der Waals surface area contributed by atoms with Gasteiger partial charge in [-0.1, -0.05) is 0 Å². The van der Waals surface area contributed by atoms with E-state index in [1.165, 1.54) is 6.08 Å². The molecule has 1 aromatic rings. The van der Waals surface area contributed by atoms with Crippen molar-refractivity contribution in [2.45, 2.75) is 5.92 Å². The number of aliphatic hydroxyl groups is 1. The Labute approximate surface area is 104 Å². The van der Waals surface area contributed by atoms with E-state index in [2.05, 4.69) is 15.9 Å². The molecule has 0 radical (unpaired) electrons. The van der Waals surface area contributed by atoms with E-state index < -0.39 is 25.0 Å². The summed E-state index contributed by atoms with van der Waals surface area (Å²) in [6.07, 6.45) is 2.41. The predicted molar refractivity (Wildman–Crippen MR) is 60.5 cm³/mol. The van der Waals surface area contributed by atoms with E-state index >= 15 is 0 Å². The van der Waals surface area contributed by atoms with Gasteiger partial charge in [0, 0.05) is 6.08 Å². The van der Waals surface area contributed by atoms with Gasteiger partial charge >= 0.3 is 0 Å². The molecular weight excluding hydrogens is 300 g/mol. The second-order valence-corrected chi connectivity index (χ2v) is 3.99. The fraction of sp³-hybridized carbons (Fsp3) is 0.300. The molecule has 0 fully saturated rings. The van der Waals surface area contributed by atoms with E-state index in [0.29, 0.717) is 10.4 Å². The lowest BCUT2D eigenvalue weighted by Gasteiger charge is -2.12. The van der Waals surface area contributed by atoms with E-state index in [1.807, 2.05) is 5.32 Å². The fourth-order valence-electron chi connectivity index (χ4n) is 0.907. The van der Waals surface area contributed by atoms with Crippen LogP contribution in [0.3, 0.4) is 0 Å². The van der Waals surface area contributed by atoms with Gasteiger partial charge in [0.1, 0.15) is 12.4 Å². The number of hydrogen-bond donors (Lipinski definition) is 2. The van der Waals surface area contributed by atoms with Gasteiger partial charge in [-0.15, -0.1) is 0 Å². The maximum absolute atomic E-state index is 12.6. The van der Waals surface area contributed by atoms with Crippen LogP contribution in [0.15, 0.2) is 27.3 Å². The largest absolute Gasteiger partial charge is 0.450 e. The lowest BCUT2D eigenvalue weighted by atomic mass is 10.3. The minimum absolute atomic E-state index is 0.418. The monoisotopic (exact) mass is 309 g/mol. The smallest absolute Gasteiger partial charge is 0.287 e. The standard InChI is InChI=1S/C10H10BrF2NO3/c11-8-3-1-7(17-8)2-4-9(16)14-5-10(12,13)6-15/h1-4,15H,5-6H2,(H,14,16)/b4-2+. The van der Waals surface area contributed by atoms with Crippen LogP contribution < -0.4 is 5.32 Å². The molecule has 4 nitrogen and oxygen atoms in total. The summed E-state index contributed by atoms with van der Waals surface area (Å²) in [6.45, 7) is -2.21. The van der Waals surface area contributed by atoms with Gasteiger partial charge < -0.3 is 14.8 Å². The van der Waals surface area contributed by atoms with Gasteiger partial charge in [0.25, 0.3) is 5.92 Å². The number of nitrogens with one attached hydrogen (secondary N) is 1. The molecule has 1 aromatic heterocycles. The zero-order valence-corrected chi connectivity index (χ0v) is 10.2. The number of rotatable bonds is 5. The van der Waals surface area contributed by atoms with Crippen molar-refractivity contribution in [3.63, 3.8) is 0 Å². The molecule has 0 atom stereocenters. The quantitative estimate of drug-likeness (QED) is 0.815. The van der Waals surface area contributed by atoms with Crippen LogP contribution in [0.1, 0.15) is 5.76 Å². The molecule has 0 aromatic carbocycles. The molecule has 0 spiro atoms. The van der Waals surface area contributed by atoms with Crippen molar-refractivity contribution in [1.82, 2.24) is 5.32 Å².